The van der Waals surface area contributed by atoms with Crippen molar-refractivity contribution in [2.24, 2.45) is 5.92 Å². The number of benzene rings is 2. The van der Waals surface area contributed by atoms with E-state index in [1.54, 1.807) is 36.4 Å². The number of hydrogen-bond acceptors (Lipinski definition) is 12. The number of nitrogens with zero attached hydrogens (tertiary/aromatic N) is 6. The Bertz CT molecular complexity index is 1400. The number of rotatable bonds is 17. The Morgan fingerprint density at radius 3 is 2.11 bits per heavy atom. The number of nitro benzene ring substituents is 1. The first-order valence-corrected chi connectivity index (χ1v) is 16.5. The van der Waals surface area contributed by atoms with Gasteiger partial charge in [-0.3, -0.25) is 14.9 Å². The highest BCUT2D eigenvalue weighted by Gasteiger charge is 2.22. The lowest BCUT2D eigenvalue weighted by atomic mass is 9.89. The van der Waals surface area contributed by atoms with Crippen molar-refractivity contribution in [3.8, 4) is 0 Å². The van der Waals surface area contributed by atoms with Gasteiger partial charge in [0.05, 0.1) is 31.4 Å². The van der Waals surface area contributed by atoms with E-state index in [0.717, 1.165) is 25.3 Å². The summed E-state index contributed by atoms with van der Waals surface area (Å²) in [4.78, 5) is 41.2. The van der Waals surface area contributed by atoms with Gasteiger partial charge in [-0.2, -0.15) is 15.0 Å². The number of nitro groups is 1. The van der Waals surface area contributed by atoms with Crippen LogP contribution < -0.4 is 25.8 Å². The van der Waals surface area contributed by atoms with E-state index in [-0.39, 0.29) is 16.5 Å². The molecule has 5 rings (SSSR count). The first kappa shape index (κ1) is 33.8. The van der Waals surface area contributed by atoms with Gasteiger partial charge in [0, 0.05) is 69.2 Å². The summed E-state index contributed by atoms with van der Waals surface area (Å²) < 4.78 is 11.3. The second-order valence-electron chi connectivity index (χ2n) is 11.7. The zero-order valence-corrected chi connectivity index (χ0v) is 26.8. The average Bonchev–Trinajstić information content (AvgIpc) is 3.12. The molecule has 14 heteroatoms. The summed E-state index contributed by atoms with van der Waals surface area (Å²) in [6.07, 6.45) is 6.31. The Kier molecular flexibility index (Phi) is 12.9. The van der Waals surface area contributed by atoms with Gasteiger partial charge in [0.25, 0.3) is 11.6 Å². The lowest BCUT2D eigenvalue weighted by molar-refractivity contribution is -0.384. The molecule has 2 fully saturated rings. The number of non-ortho nitro benzene ring substituents is 1. The van der Waals surface area contributed by atoms with Crippen LogP contribution in [0, 0.1) is 16.0 Å². The minimum Gasteiger partial charge on any atom is -0.377 e. The summed E-state index contributed by atoms with van der Waals surface area (Å²) in [5.41, 5.74) is 1.68. The first-order valence-electron chi connectivity index (χ1n) is 16.5. The number of amides is 1. The first-order chi connectivity index (χ1) is 23.0. The minimum atomic E-state index is -0.381. The van der Waals surface area contributed by atoms with Gasteiger partial charge in [-0.1, -0.05) is 37.5 Å². The van der Waals surface area contributed by atoms with E-state index >= 15 is 0 Å². The number of ether oxygens (including phenoxy) is 2. The molecule has 1 amide bonds. The van der Waals surface area contributed by atoms with Crippen molar-refractivity contribution >= 4 is 35.1 Å². The third kappa shape index (κ3) is 10.7. The topological polar surface area (TPSA) is 160 Å². The van der Waals surface area contributed by atoms with Gasteiger partial charge in [0.1, 0.15) is 0 Å². The van der Waals surface area contributed by atoms with Crippen LogP contribution in [0.1, 0.15) is 42.5 Å². The fraction of sp³-hybridized carbons (Fsp3) is 0.515. The van der Waals surface area contributed by atoms with Crippen molar-refractivity contribution in [3.05, 3.63) is 70.3 Å². The van der Waals surface area contributed by atoms with Gasteiger partial charge in [-0.05, 0) is 43.0 Å². The Morgan fingerprint density at radius 2 is 1.43 bits per heavy atom. The summed E-state index contributed by atoms with van der Waals surface area (Å²) in [5, 5.41) is 20.6. The Hall–Kier alpha value is -4.56. The van der Waals surface area contributed by atoms with Crippen LogP contribution >= 0.6 is 0 Å². The fourth-order valence-electron chi connectivity index (χ4n) is 5.73. The summed E-state index contributed by atoms with van der Waals surface area (Å²) >= 11 is 0. The lowest BCUT2D eigenvalue weighted by Gasteiger charge is -2.36. The maximum atomic E-state index is 12.1. The molecule has 2 aromatic carbocycles. The number of carbonyl (C=O) groups is 1. The highest BCUT2D eigenvalue weighted by molar-refractivity contribution is 5.94. The molecule has 2 heterocycles. The Labute approximate surface area is 275 Å². The molecule has 0 unspecified atom stereocenters. The molecular weight excluding hydrogens is 602 g/mol. The predicted molar refractivity (Wildman–Crippen MR) is 181 cm³/mol. The molecule has 0 spiro atoms. The van der Waals surface area contributed by atoms with Crippen molar-refractivity contribution < 1.29 is 19.2 Å². The van der Waals surface area contributed by atoms with Crippen LogP contribution in [-0.2, 0) is 9.47 Å². The van der Waals surface area contributed by atoms with E-state index in [0.29, 0.717) is 81.9 Å². The van der Waals surface area contributed by atoms with Crippen LogP contribution in [0.2, 0.25) is 0 Å². The van der Waals surface area contributed by atoms with Crippen molar-refractivity contribution in [2.75, 3.05) is 92.7 Å². The second-order valence-corrected chi connectivity index (χ2v) is 11.7. The van der Waals surface area contributed by atoms with Crippen LogP contribution in [0.5, 0.6) is 0 Å². The molecule has 252 valence electrons. The van der Waals surface area contributed by atoms with Crippen molar-refractivity contribution in [3.63, 3.8) is 0 Å². The molecule has 0 atom stereocenters. The molecule has 1 aromatic heterocycles. The van der Waals surface area contributed by atoms with E-state index in [2.05, 4.69) is 30.7 Å². The second kappa shape index (κ2) is 18.0. The molecule has 47 heavy (non-hydrogen) atoms. The van der Waals surface area contributed by atoms with Crippen LogP contribution in [-0.4, -0.2) is 98.0 Å². The zero-order chi connectivity index (χ0) is 32.7. The number of hydrogen-bond donors (Lipinski definition) is 3. The van der Waals surface area contributed by atoms with E-state index in [1.807, 2.05) is 18.2 Å². The molecule has 1 aliphatic carbocycles. The third-order valence-corrected chi connectivity index (χ3v) is 8.35. The maximum absolute atomic E-state index is 12.1. The molecule has 3 aromatic rings. The number of nitrogens with one attached hydrogen (secondary N) is 3. The normalized spacial score (nSPS) is 15.3. The van der Waals surface area contributed by atoms with E-state index in [1.165, 1.54) is 32.1 Å². The van der Waals surface area contributed by atoms with Crippen molar-refractivity contribution in [2.45, 2.75) is 32.1 Å². The predicted octanol–water partition coefficient (Wildman–Crippen LogP) is 3.97. The number of aromatic nitrogens is 3. The quantitative estimate of drug-likeness (QED) is 0.110. The maximum Gasteiger partial charge on any atom is 0.269 e. The Balaban J connectivity index is 1.06. The molecule has 2 aliphatic rings. The van der Waals surface area contributed by atoms with E-state index < -0.39 is 0 Å². The smallest absolute Gasteiger partial charge is 0.269 e. The molecule has 0 radical (unpaired) electrons. The standard InChI is InChI=1S/C33H45N9O5/c43-30(27-9-5-2-6-10-27)34-15-21-46-23-24-47-22-16-35-31-37-32(36-25-26-7-3-1-4-8-26)39-33(38-31)41-19-17-40(18-20-41)28-11-13-29(14-12-28)42(44)45/h2,5-6,9-14,26H,1,3-4,7-8,15-25H2,(H,34,43)(H2,35,36,37,38,39). The minimum absolute atomic E-state index is 0.0889. The lowest BCUT2D eigenvalue weighted by Crippen LogP contribution is -2.47. The van der Waals surface area contributed by atoms with Gasteiger partial charge in [-0.25, -0.2) is 0 Å². The summed E-state index contributed by atoms with van der Waals surface area (Å²) in [7, 11) is 0. The van der Waals surface area contributed by atoms with Crippen molar-refractivity contribution in [1.29, 1.82) is 0 Å². The SMILES string of the molecule is O=C(NCCOCCOCCNc1nc(NCC2CCCCC2)nc(N2CCN(c3ccc([N+](=O)[O-])cc3)CC2)n1)c1ccccc1. The molecular formula is C33H45N9O5. The summed E-state index contributed by atoms with van der Waals surface area (Å²) in [5.74, 6) is 2.18. The number of piperazine rings is 1. The van der Waals surface area contributed by atoms with Gasteiger partial charge < -0.3 is 35.2 Å². The van der Waals surface area contributed by atoms with E-state index in [9.17, 15) is 14.9 Å². The zero-order valence-electron chi connectivity index (χ0n) is 26.8. The molecule has 3 N–H and O–H groups in total. The van der Waals surface area contributed by atoms with Crippen LogP contribution in [0.4, 0.5) is 29.2 Å². The Morgan fingerprint density at radius 1 is 0.787 bits per heavy atom. The van der Waals surface area contributed by atoms with Gasteiger partial charge in [-0.15, -0.1) is 0 Å². The van der Waals surface area contributed by atoms with Gasteiger partial charge in [0.2, 0.25) is 17.8 Å². The van der Waals surface area contributed by atoms with Gasteiger partial charge >= 0.3 is 0 Å². The third-order valence-electron chi connectivity index (χ3n) is 8.35. The fourth-order valence-corrected chi connectivity index (χ4v) is 5.73. The largest absolute Gasteiger partial charge is 0.377 e. The molecule has 1 aliphatic heterocycles. The van der Waals surface area contributed by atoms with Crippen molar-refractivity contribution in [1.82, 2.24) is 20.3 Å². The number of anilines is 4. The van der Waals surface area contributed by atoms with Gasteiger partial charge in [0.15, 0.2) is 0 Å². The number of carbonyl (C=O) groups excluding carboxylic acids is 1. The highest BCUT2D eigenvalue weighted by atomic mass is 16.6. The summed E-state index contributed by atoms with van der Waals surface area (Å²) in [6, 6.07) is 15.8. The summed E-state index contributed by atoms with van der Waals surface area (Å²) in [6.45, 7) is 6.42. The van der Waals surface area contributed by atoms with Crippen LogP contribution in [0.25, 0.3) is 0 Å². The molecule has 1 saturated carbocycles. The molecule has 0 bridgehead atoms. The highest BCUT2D eigenvalue weighted by Crippen LogP contribution is 2.25. The average molecular weight is 648 g/mol. The van der Waals surface area contributed by atoms with Crippen LogP contribution in [0.15, 0.2) is 54.6 Å². The molecule has 14 nitrogen and oxygen atoms in total. The van der Waals surface area contributed by atoms with E-state index in [4.69, 9.17) is 19.4 Å². The molecule has 1 saturated heterocycles. The van der Waals surface area contributed by atoms with Crippen LogP contribution in [0.3, 0.4) is 0 Å². The monoisotopic (exact) mass is 647 g/mol.